The van der Waals surface area contributed by atoms with E-state index in [9.17, 15) is 14.9 Å². The van der Waals surface area contributed by atoms with Gasteiger partial charge < -0.3 is 10.3 Å². The summed E-state index contributed by atoms with van der Waals surface area (Å²) in [7, 11) is 0. The molecule has 1 heterocycles. The highest BCUT2D eigenvalue weighted by molar-refractivity contribution is 6.03. The Labute approximate surface area is 109 Å². The van der Waals surface area contributed by atoms with Crippen molar-refractivity contribution in [3.8, 4) is 0 Å². The van der Waals surface area contributed by atoms with Crippen molar-refractivity contribution in [1.29, 1.82) is 0 Å². The number of aromatic nitrogens is 1. The second-order valence-corrected chi connectivity index (χ2v) is 3.99. The van der Waals surface area contributed by atoms with Crippen molar-refractivity contribution < 1.29 is 9.72 Å². The van der Waals surface area contributed by atoms with Gasteiger partial charge in [0.1, 0.15) is 5.69 Å². The number of nitrogens with one attached hydrogen (secondary N) is 2. The number of nitro benzene ring substituents is 1. The maximum atomic E-state index is 11.8. The minimum absolute atomic E-state index is 0.0202. The largest absolute Gasteiger partial charge is 0.357 e. The van der Waals surface area contributed by atoms with Crippen LogP contribution in [0.5, 0.6) is 0 Å². The third-order valence-corrected chi connectivity index (χ3v) is 2.76. The molecule has 0 radical (unpaired) electrons. The van der Waals surface area contributed by atoms with Crippen LogP contribution in [0.1, 0.15) is 23.0 Å². The van der Waals surface area contributed by atoms with Crippen molar-refractivity contribution >= 4 is 17.3 Å². The molecule has 2 aromatic rings. The number of carbonyl (C=O) groups excluding carboxylic acids is 1. The van der Waals surface area contributed by atoms with Crippen LogP contribution in [0.2, 0.25) is 0 Å². The number of aryl methyl sites for hydroxylation is 1. The SMILES string of the molecule is CCc1ccc(NC(=O)c2ccc[nH]2)cc1[N+](=O)[O-]. The van der Waals surface area contributed by atoms with Crippen molar-refractivity contribution in [2.75, 3.05) is 5.32 Å². The van der Waals surface area contributed by atoms with Gasteiger partial charge in [0.2, 0.25) is 0 Å². The van der Waals surface area contributed by atoms with E-state index in [0.717, 1.165) is 0 Å². The lowest BCUT2D eigenvalue weighted by molar-refractivity contribution is -0.385. The molecule has 2 rings (SSSR count). The van der Waals surface area contributed by atoms with Crippen molar-refractivity contribution in [3.05, 3.63) is 57.9 Å². The number of nitrogens with zero attached hydrogens (tertiary/aromatic N) is 1. The summed E-state index contributed by atoms with van der Waals surface area (Å²) in [5, 5.41) is 13.6. The number of nitro groups is 1. The van der Waals surface area contributed by atoms with Crippen LogP contribution in [-0.4, -0.2) is 15.8 Å². The molecular formula is C13H13N3O3. The Hall–Kier alpha value is -2.63. The van der Waals surface area contributed by atoms with Gasteiger partial charge in [-0.3, -0.25) is 14.9 Å². The van der Waals surface area contributed by atoms with Crippen LogP contribution in [0.25, 0.3) is 0 Å². The van der Waals surface area contributed by atoms with E-state index in [-0.39, 0.29) is 11.6 Å². The molecule has 0 spiro atoms. The molecule has 2 N–H and O–H groups in total. The molecule has 0 aliphatic rings. The second kappa shape index (κ2) is 5.34. The van der Waals surface area contributed by atoms with Crippen LogP contribution in [-0.2, 0) is 6.42 Å². The van der Waals surface area contributed by atoms with E-state index in [2.05, 4.69) is 10.3 Å². The van der Waals surface area contributed by atoms with E-state index in [4.69, 9.17) is 0 Å². The van der Waals surface area contributed by atoms with Crippen molar-refractivity contribution in [1.82, 2.24) is 4.98 Å². The molecule has 1 amide bonds. The average molecular weight is 259 g/mol. The predicted molar refractivity (Wildman–Crippen MR) is 71.2 cm³/mol. The molecule has 0 unspecified atom stereocenters. The summed E-state index contributed by atoms with van der Waals surface area (Å²) in [6.07, 6.45) is 2.21. The molecule has 0 aliphatic heterocycles. The molecule has 6 nitrogen and oxygen atoms in total. The first-order valence-corrected chi connectivity index (χ1v) is 5.84. The third-order valence-electron chi connectivity index (χ3n) is 2.76. The summed E-state index contributed by atoms with van der Waals surface area (Å²) < 4.78 is 0. The number of aromatic amines is 1. The van der Waals surface area contributed by atoms with Gasteiger partial charge in [-0.15, -0.1) is 0 Å². The Balaban J connectivity index is 2.24. The zero-order valence-corrected chi connectivity index (χ0v) is 10.3. The van der Waals surface area contributed by atoms with Gasteiger partial charge in [0.15, 0.2) is 0 Å². The second-order valence-electron chi connectivity index (χ2n) is 3.99. The summed E-state index contributed by atoms with van der Waals surface area (Å²) in [6.45, 7) is 1.85. The van der Waals surface area contributed by atoms with Crippen LogP contribution >= 0.6 is 0 Å². The van der Waals surface area contributed by atoms with E-state index in [0.29, 0.717) is 23.4 Å². The molecule has 19 heavy (non-hydrogen) atoms. The van der Waals surface area contributed by atoms with Crippen LogP contribution in [0.4, 0.5) is 11.4 Å². The molecule has 0 atom stereocenters. The fourth-order valence-electron chi connectivity index (χ4n) is 1.78. The van der Waals surface area contributed by atoms with Gasteiger partial charge in [-0.25, -0.2) is 0 Å². The van der Waals surface area contributed by atoms with E-state index in [1.54, 1.807) is 30.5 Å². The summed E-state index contributed by atoms with van der Waals surface area (Å²) in [4.78, 5) is 25.1. The maximum Gasteiger partial charge on any atom is 0.274 e. The Bertz CT molecular complexity index is 606. The van der Waals surface area contributed by atoms with Crippen LogP contribution < -0.4 is 5.32 Å². The molecule has 6 heteroatoms. The lowest BCUT2D eigenvalue weighted by Crippen LogP contribution is -2.12. The number of carbonyl (C=O) groups is 1. The lowest BCUT2D eigenvalue weighted by atomic mass is 10.1. The highest BCUT2D eigenvalue weighted by Gasteiger charge is 2.14. The predicted octanol–water partition coefficient (Wildman–Crippen LogP) is 2.74. The topological polar surface area (TPSA) is 88.0 Å². The van der Waals surface area contributed by atoms with Gasteiger partial charge in [-0.05, 0) is 24.6 Å². The van der Waals surface area contributed by atoms with Crippen molar-refractivity contribution in [2.24, 2.45) is 0 Å². The summed E-state index contributed by atoms with van der Waals surface area (Å²) >= 11 is 0. The first-order valence-electron chi connectivity index (χ1n) is 5.84. The van der Waals surface area contributed by atoms with Gasteiger partial charge >= 0.3 is 0 Å². The normalized spacial score (nSPS) is 10.2. The highest BCUT2D eigenvalue weighted by Crippen LogP contribution is 2.23. The molecule has 1 aromatic heterocycles. The molecule has 0 saturated heterocycles. The van der Waals surface area contributed by atoms with E-state index >= 15 is 0 Å². The Morgan fingerprint density at radius 1 is 1.42 bits per heavy atom. The number of H-pyrrole nitrogens is 1. The summed E-state index contributed by atoms with van der Waals surface area (Å²) in [5.41, 5.74) is 1.47. The van der Waals surface area contributed by atoms with Gasteiger partial charge in [-0.1, -0.05) is 13.0 Å². The smallest absolute Gasteiger partial charge is 0.274 e. The van der Waals surface area contributed by atoms with Crippen LogP contribution in [0.15, 0.2) is 36.5 Å². The number of hydrogen-bond acceptors (Lipinski definition) is 3. The molecule has 0 fully saturated rings. The number of rotatable bonds is 4. The number of hydrogen-bond donors (Lipinski definition) is 2. The van der Waals surface area contributed by atoms with Crippen LogP contribution in [0, 0.1) is 10.1 Å². The zero-order valence-electron chi connectivity index (χ0n) is 10.3. The van der Waals surface area contributed by atoms with E-state index in [1.165, 1.54) is 6.07 Å². The minimum atomic E-state index is -0.441. The minimum Gasteiger partial charge on any atom is -0.357 e. The number of anilines is 1. The Kier molecular flexibility index (Phi) is 3.61. The quantitative estimate of drug-likeness (QED) is 0.653. The van der Waals surface area contributed by atoms with Gasteiger partial charge in [0, 0.05) is 23.5 Å². The number of benzene rings is 1. The highest BCUT2D eigenvalue weighted by atomic mass is 16.6. The standard InChI is InChI=1S/C13H13N3O3/c1-2-9-5-6-10(8-12(9)16(18)19)15-13(17)11-4-3-7-14-11/h3-8,14H,2H2,1H3,(H,15,17). The lowest BCUT2D eigenvalue weighted by Gasteiger charge is -2.06. The van der Waals surface area contributed by atoms with Gasteiger partial charge in [0.25, 0.3) is 11.6 Å². The van der Waals surface area contributed by atoms with E-state index in [1.807, 2.05) is 6.92 Å². The van der Waals surface area contributed by atoms with Gasteiger partial charge in [0.05, 0.1) is 4.92 Å². The summed E-state index contributed by atoms with van der Waals surface area (Å²) in [6, 6.07) is 8.02. The molecule has 98 valence electrons. The molecule has 0 aliphatic carbocycles. The van der Waals surface area contributed by atoms with Crippen molar-refractivity contribution in [2.45, 2.75) is 13.3 Å². The van der Waals surface area contributed by atoms with Crippen LogP contribution in [0.3, 0.4) is 0 Å². The maximum absolute atomic E-state index is 11.8. The molecule has 0 bridgehead atoms. The fraction of sp³-hybridized carbons (Fsp3) is 0.154. The zero-order chi connectivity index (χ0) is 13.8. The molecular weight excluding hydrogens is 246 g/mol. The average Bonchev–Trinajstić information content (AvgIpc) is 2.92. The molecule has 1 aromatic carbocycles. The van der Waals surface area contributed by atoms with Gasteiger partial charge in [-0.2, -0.15) is 0 Å². The van der Waals surface area contributed by atoms with Crippen molar-refractivity contribution in [3.63, 3.8) is 0 Å². The first-order chi connectivity index (χ1) is 9.11. The van der Waals surface area contributed by atoms with E-state index < -0.39 is 4.92 Å². The Morgan fingerprint density at radius 3 is 2.79 bits per heavy atom. The summed E-state index contributed by atoms with van der Waals surface area (Å²) in [5.74, 6) is -0.330. The number of amides is 1. The monoisotopic (exact) mass is 259 g/mol. The first kappa shape index (κ1) is 12.8. The third kappa shape index (κ3) is 2.79. The fourth-order valence-corrected chi connectivity index (χ4v) is 1.78. The Morgan fingerprint density at radius 2 is 2.21 bits per heavy atom. The molecule has 0 saturated carbocycles.